The minimum absolute atomic E-state index is 0.266. The quantitative estimate of drug-likeness (QED) is 0.616. The van der Waals surface area contributed by atoms with Crippen LogP contribution in [0.25, 0.3) is 0 Å². The number of thiazole rings is 1. The zero-order valence-corrected chi connectivity index (χ0v) is 15.1. The van der Waals surface area contributed by atoms with Gasteiger partial charge in [0.25, 0.3) is 0 Å². The standard InChI is InChI=1S/C17H23FN4OS/c1-4-15-11-20-16(24-15)12-21-17(19-2)22(3)9-10-23-14-7-5-13(18)6-8-14/h5-8,11H,4,9-10,12H2,1-3H3,(H,19,21). The van der Waals surface area contributed by atoms with Gasteiger partial charge in [-0.3, -0.25) is 4.99 Å². The number of nitrogens with one attached hydrogen (secondary N) is 1. The molecule has 5 nitrogen and oxygen atoms in total. The fraction of sp³-hybridized carbons (Fsp3) is 0.412. The van der Waals surface area contributed by atoms with Gasteiger partial charge < -0.3 is 15.0 Å². The highest BCUT2D eigenvalue weighted by molar-refractivity contribution is 7.11. The first-order valence-corrected chi connectivity index (χ1v) is 8.67. The number of aromatic nitrogens is 1. The van der Waals surface area contributed by atoms with Gasteiger partial charge in [-0.25, -0.2) is 9.37 Å². The molecule has 7 heteroatoms. The Kier molecular flexibility index (Phi) is 6.99. The van der Waals surface area contributed by atoms with Crippen molar-refractivity contribution in [2.75, 3.05) is 27.2 Å². The maximum Gasteiger partial charge on any atom is 0.193 e. The van der Waals surface area contributed by atoms with Gasteiger partial charge in [-0.15, -0.1) is 11.3 Å². The fourth-order valence-electron chi connectivity index (χ4n) is 2.07. The first-order valence-electron chi connectivity index (χ1n) is 7.86. The number of halogens is 1. The summed E-state index contributed by atoms with van der Waals surface area (Å²) in [7, 11) is 3.70. The van der Waals surface area contributed by atoms with E-state index in [1.54, 1.807) is 30.5 Å². The van der Waals surface area contributed by atoms with E-state index in [4.69, 9.17) is 4.74 Å². The Morgan fingerprint density at radius 1 is 1.38 bits per heavy atom. The SMILES string of the molecule is CCc1cnc(CNC(=NC)N(C)CCOc2ccc(F)cc2)s1. The maximum atomic E-state index is 12.8. The third-order valence-corrected chi connectivity index (χ3v) is 4.57. The van der Waals surface area contributed by atoms with Gasteiger partial charge in [-0.2, -0.15) is 0 Å². The summed E-state index contributed by atoms with van der Waals surface area (Å²) in [6.07, 6.45) is 2.93. The van der Waals surface area contributed by atoms with Crippen LogP contribution in [0.5, 0.6) is 5.75 Å². The third-order valence-electron chi connectivity index (χ3n) is 3.43. The van der Waals surface area contributed by atoms with Crippen LogP contribution in [0, 0.1) is 5.82 Å². The summed E-state index contributed by atoms with van der Waals surface area (Å²) in [5.41, 5.74) is 0. The molecule has 0 aliphatic heterocycles. The highest BCUT2D eigenvalue weighted by atomic mass is 32.1. The van der Waals surface area contributed by atoms with Crippen LogP contribution in [-0.2, 0) is 13.0 Å². The molecule has 0 radical (unpaired) electrons. The average molecular weight is 350 g/mol. The molecule has 2 aromatic rings. The molecule has 1 N–H and O–H groups in total. The molecular weight excluding hydrogens is 327 g/mol. The lowest BCUT2D eigenvalue weighted by Crippen LogP contribution is -2.40. The molecule has 24 heavy (non-hydrogen) atoms. The molecule has 0 saturated heterocycles. The van der Waals surface area contributed by atoms with E-state index in [0.29, 0.717) is 25.4 Å². The smallest absolute Gasteiger partial charge is 0.193 e. The third kappa shape index (κ3) is 5.49. The zero-order chi connectivity index (χ0) is 17.4. The lowest BCUT2D eigenvalue weighted by molar-refractivity contribution is 0.281. The van der Waals surface area contributed by atoms with Crippen molar-refractivity contribution in [3.05, 3.63) is 46.2 Å². The van der Waals surface area contributed by atoms with Crippen LogP contribution in [0.2, 0.25) is 0 Å². The van der Waals surface area contributed by atoms with Crippen LogP contribution in [-0.4, -0.2) is 43.1 Å². The second-order valence-corrected chi connectivity index (χ2v) is 6.40. The number of hydrogen-bond donors (Lipinski definition) is 1. The molecule has 0 bridgehead atoms. The molecule has 0 spiro atoms. The van der Waals surface area contributed by atoms with E-state index in [9.17, 15) is 4.39 Å². The average Bonchev–Trinajstić information content (AvgIpc) is 3.05. The maximum absolute atomic E-state index is 12.8. The van der Waals surface area contributed by atoms with E-state index >= 15 is 0 Å². The summed E-state index contributed by atoms with van der Waals surface area (Å²) in [4.78, 5) is 11.9. The predicted molar refractivity (Wildman–Crippen MR) is 96.2 cm³/mol. The van der Waals surface area contributed by atoms with Gasteiger partial charge in [-0.05, 0) is 30.7 Å². The van der Waals surface area contributed by atoms with E-state index in [1.165, 1.54) is 17.0 Å². The number of benzene rings is 1. The second kappa shape index (κ2) is 9.22. The van der Waals surface area contributed by atoms with E-state index < -0.39 is 0 Å². The van der Waals surface area contributed by atoms with Crippen molar-refractivity contribution in [3.63, 3.8) is 0 Å². The highest BCUT2D eigenvalue weighted by Crippen LogP contribution is 2.13. The van der Waals surface area contributed by atoms with Crippen LogP contribution in [0.4, 0.5) is 4.39 Å². The number of hydrogen-bond acceptors (Lipinski definition) is 4. The minimum atomic E-state index is -0.266. The molecule has 130 valence electrons. The van der Waals surface area contributed by atoms with Crippen LogP contribution in [0.1, 0.15) is 16.8 Å². The number of likely N-dealkylation sites (N-methyl/N-ethyl adjacent to an activating group) is 1. The lowest BCUT2D eigenvalue weighted by Gasteiger charge is -2.21. The van der Waals surface area contributed by atoms with E-state index in [1.807, 2.05) is 18.1 Å². The molecule has 1 aromatic carbocycles. The van der Waals surface area contributed by atoms with Crippen molar-refractivity contribution in [1.29, 1.82) is 0 Å². The van der Waals surface area contributed by atoms with Crippen LogP contribution < -0.4 is 10.1 Å². The zero-order valence-electron chi connectivity index (χ0n) is 14.3. The summed E-state index contributed by atoms with van der Waals surface area (Å²) >= 11 is 1.71. The molecule has 0 saturated carbocycles. The largest absolute Gasteiger partial charge is 0.492 e. The Morgan fingerprint density at radius 2 is 2.12 bits per heavy atom. The summed E-state index contributed by atoms with van der Waals surface area (Å²) in [6.45, 7) is 3.92. The van der Waals surface area contributed by atoms with E-state index in [-0.39, 0.29) is 5.82 Å². The van der Waals surface area contributed by atoms with Crippen molar-refractivity contribution in [2.24, 2.45) is 4.99 Å². The van der Waals surface area contributed by atoms with Crippen molar-refractivity contribution in [3.8, 4) is 5.75 Å². The number of ether oxygens (including phenoxy) is 1. The van der Waals surface area contributed by atoms with E-state index in [2.05, 4.69) is 22.2 Å². The number of nitrogens with zero attached hydrogens (tertiary/aromatic N) is 3. The highest BCUT2D eigenvalue weighted by Gasteiger charge is 2.07. The monoisotopic (exact) mass is 350 g/mol. The molecule has 0 unspecified atom stereocenters. The predicted octanol–water partition coefficient (Wildman–Crippen LogP) is 2.93. The molecule has 1 aromatic heterocycles. The van der Waals surface area contributed by atoms with Gasteiger partial charge in [-0.1, -0.05) is 6.92 Å². The Bertz CT molecular complexity index is 657. The summed E-state index contributed by atoms with van der Waals surface area (Å²) in [5.74, 6) is 1.17. The Hall–Kier alpha value is -2.15. The van der Waals surface area contributed by atoms with Crippen molar-refractivity contribution < 1.29 is 9.13 Å². The summed E-state index contributed by atoms with van der Waals surface area (Å²) in [6, 6.07) is 6.02. The van der Waals surface area contributed by atoms with Gasteiger partial charge in [0, 0.05) is 25.2 Å². The summed E-state index contributed by atoms with van der Waals surface area (Å²) in [5, 5.41) is 4.34. The Balaban J connectivity index is 1.76. The van der Waals surface area contributed by atoms with Gasteiger partial charge >= 0.3 is 0 Å². The molecule has 0 atom stereocenters. The second-order valence-electron chi connectivity index (χ2n) is 5.20. The lowest BCUT2D eigenvalue weighted by atomic mass is 10.3. The van der Waals surface area contributed by atoms with Gasteiger partial charge in [0.05, 0.1) is 13.1 Å². The first kappa shape index (κ1) is 18.2. The molecule has 2 rings (SSSR count). The minimum Gasteiger partial charge on any atom is -0.492 e. The molecule has 1 heterocycles. The number of aryl methyl sites for hydroxylation is 1. The van der Waals surface area contributed by atoms with Gasteiger partial charge in [0.1, 0.15) is 23.2 Å². The van der Waals surface area contributed by atoms with Gasteiger partial charge in [0.2, 0.25) is 0 Å². The van der Waals surface area contributed by atoms with Crippen LogP contribution in [0.15, 0.2) is 35.5 Å². The first-order chi connectivity index (χ1) is 11.6. The van der Waals surface area contributed by atoms with Crippen molar-refractivity contribution >= 4 is 17.3 Å². The number of guanidine groups is 1. The van der Waals surface area contributed by atoms with Crippen molar-refractivity contribution in [1.82, 2.24) is 15.2 Å². The Morgan fingerprint density at radius 3 is 2.75 bits per heavy atom. The summed E-state index contributed by atoms with van der Waals surface area (Å²) < 4.78 is 18.5. The Labute approximate surface area is 146 Å². The van der Waals surface area contributed by atoms with Crippen LogP contribution in [0.3, 0.4) is 0 Å². The molecule has 0 aliphatic rings. The fourth-order valence-corrected chi connectivity index (χ4v) is 2.87. The van der Waals surface area contributed by atoms with Crippen molar-refractivity contribution in [2.45, 2.75) is 19.9 Å². The molecule has 0 amide bonds. The molecular formula is C17H23FN4OS. The molecule has 0 aliphatic carbocycles. The normalized spacial score (nSPS) is 11.4. The van der Waals surface area contributed by atoms with Crippen LogP contribution >= 0.6 is 11.3 Å². The molecule has 0 fully saturated rings. The number of aliphatic imine (C=N–C) groups is 1. The van der Waals surface area contributed by atoms with Gasteiger partial charge in [0.15, 0.2) is 5.96 Å². The van der Waals surface area contributed by atoms with E-state index in [0.717, 1.165) is 17.4 Å². The topological polar surface area (TPSA) is 49.8 Å². The number of rotatable bonds is 7.